The van der Waals surface area contributed by atoms with Crippen LogP contribution in [0.15, 0.2) is 58.5 Å². The van der Waals surface area contributed by atoms with Crippen molar-refractivity contribution in [1.82, 2.24) is 4.90 Å². The summed E-state index contributed by atoms with van der Waals surface area (Å²) >= 11 is 0. The number of allylic oxidation sites excluding steroid dienone is 4. The highest BCUT2D eigenvalue weighted by Gasteiger charge is 2.54. The van der Waals surface area contributed by atoms with Gasteiger partial charge < -0.3 is 14.7 Å². The molecule has 2 atom stereocenters. The van der Waals surface area contributed by atoms with Crippen LogP contribution in [0.3, 0.4) is 0 Å². The summed E-state index contributed by atoms with van der Waals surface area (Å²) < 4.78 is 5.54. The van der Waals surface area contributed by atoms with E-state index >= 15 is 0 Å². The molecule has 3 rings (SSSR count). The number of hydrogen-bond donors (Lipinski definition) is 1. The van der Waals surface area contributed by atoms with E-state index < -0.39 is 29.4 Å². The minimum absolute atomic E-state index is 0.0421. The van der Waals surface area contributed by atoms with Gasteiger partial charge >= 0.3 is 11.9 Å². The van der Waals surface area contributed by atoms with Crippen LogP contribution in [0.4, 0.5) is 0 Å². The molecule has 0 fully saturated rings. The van der Waals surface area contributed by atoms with Gasteiger partial charge in [-0.1, -0.05) is 52.5 Å². The van der Waals surface area contributed by atoms with Gasteiger partial charge in [0.2, 0.25) is 5.78 Å². The van der Waals surface area contributed by atoms with Gasteiger partial charge in [0.05, 0.1) is 0 Å². The maximum Gasteiger partial charge on any atom is 0.343 e. The molecule has 0 saturated heterocycles. The summed E-state index contributed by atoms with van der Waals surface area (Å²) in [4.78, 5) is 53.3. The van der Waals surface area contributed by atoms with Crippen LogP contribution >= 0.6 is 0 Å². The third-order valence-electron chi connectivity index (χ3n) is 6.88. The SMILES string of the molecule is C/C=C/C1=CC2=CC3=C(C(=O)CCCCCCC)C(=O)OC3(C)C(=O)C2=CN1[C@@H](CC(C)C)C(=O)O. The van der Waals surface area contributed by atoms with Gasteiger partial charge in [0.15, 0.2) is 11.4 Å². The molecule has 36 heavy (non-hydrogen) atoms. The monoisotopic (exact) mass is 495 g/mol. The largest absolute Gasteiger partial charge is 0.480 e. The molecule has 7 nitrogen and oxygen atoms in total. The first-order chi connectivity index (χ1) is 17.0. The number of unbranched alkanes of at least 4 members (excludes halogenated alkanes) is 4. The molecule has 1 N–H and O–H groups in total. The molecule has 7 heteroatoms. The predicted molar refractivity (Wildman–Crippen MR) is 137 cm³/mol. The Kier molecular flexibility index (Phi) is 8.54. The van der Waals surface area contributed by atoms with Crippen molar-refractivity contribution in [3.05, 3.63) is 58.5 Å². The highest BCUT2D eigenvalue weighted by Crippen LogP contribution is 2.45. The van der Waals surface area contributed by atoms with E-state index in [9.17, 15) is 24.3 Å². The molecule has 1 unspecified atom stereocenters. The van der Waals surface area contributed by atoms with Crippen LogP contribution in [0.1, 0.15) is 79.6 Å². The summed E-state index contributed by atoms with van der Waals surface area (Å²) in [6.07, 6.45) is 14.0. The Balaban J connectivity index is 2.04. The number of nitrogens with zero attached hydrogens (tertiary/aromatic N) is 1. The van der Waals surface area contributed by atoms with Crippen LogP contribution in [0.2, 0.25) is 0 Å². The van der Waals surface area contributed by atoms with E-state index in [0.29, 0.717) is 29.7 Å². The van der Waals surface area contributed by atoms with E-state index in [2.05, 4.69) is 6.92 Å². The Morgan fingerprint density at radius 3 is 2.44 bits per heavy atom. The van der Waals surface area contributed by atoms with Gasteiger partial charge in [0.1, 0.15) is 11.6 Å². The topological polar surface area (TPSA) is 101 Å². The minimum atomic E-state index is -1.60. The molecule has 0 spiro atoms. The third-order valence-corrected chi connectivity index (χ3v) is 6.88. The number of ketones is 2. The van der Waals surface area contributed by atoms with E-state index in [1.807, 2.05) is 20.8 Å². The Bertz CT molecular complexity index is 1100. The average Bonchev–Trinajstić information content (AvgIpc) is 3.07. The van der Waals surface area contributed by atoms with E-state index in [1.54, 1.807) is 35.4 Å². The number of esters is 1. The van der Waals surface area contributed by atoms with E-state index in [-0.39, 0.29) is 29.3 Å². The molecule has 3 aliphatic rings. The lowest BCUT2D eigenvalue weighted by atomic mass is 9.76. The van der Waals surface area contributed by atoms with Gasteiger partial charge in [-0.05, 0) is 56.4 Å². The fourth-order valence-corrected chi connectivity index (χ4v) is 4.97. The quantitative estimate of drug-likeness (QED) is 0.226. The molecule has 0 aromatic heterocycles. The van der Waals surface area contributed by atoms with Gasteiger partial charge in [-0.25, -0.2) is 9.59 Å². The zero-order valence-corrected chi connectivity index (χ0v) is 21.9. The molecule has 0 aromatic carbocycles. The second-order valence-electron chi connectivity index (χ2n) is 10.2. The number of aliphatic carboxylic acids is 1. The van der Waals surface area contributed by atoms with E-state index in [1.165, 1.54) is 6.92 Å². The van der Waals surface area contributed by atoms with Gasteiger partial charge in [0.25, 0.3) is 0 Å². The van der Waals surface area contributed by atoms with E-state index in [0.717, 1.165) is 25.7 Å². The maximum atomic E-state index is 13.7. The smallest absolute Gasteiger partial charge is 0.343 e. The molecule has 0 bridgehead atoms. The number of carbonyl (C=O) groups excluding carboxylic acids is 3. The second-order valence-corrected chi connectivity index (χ2v) is 10.2. The van der Waals surface area contributed by atoms with E-state index in [4.69, 9.17) is 4.74 Å². The number of ether oxygens (including phenoxy) is 1. The zero-order chi connectivity index (χ0) is 26.6. The average molecular weight is 496 g/mol. The molecule has 2 aliphatic heterocycles. The summed E-state index contributed by atoms with van der Waals surface area (Å²) in [5.41, 5.74) is 0.0759. The number of fused-ring (bicyclic) bond motifs is 2. The normalized spacial score (nSPS) is 22.3. The highest BCUT2D eigenvalue weighted by molar-refractivity contribution is 6.25. The fraction of sp³-hybridized carbons (Fsp3) is 0.517. The zero-order valence-electron chi connectivity index (χ0n) is 21.9. The lowest BCUT2D eigenvalue weighted by molar-refractivity contribution is -0.153. The fourth-order valence-electron chi connectivity index (χ4n) is 4.97. The van der Waals surface area contributed by atoms with Crippen LogP contribution in [0, 0.1) is 5.92 Å². The molecule has 0 saturated carbocycles. The summed E-state index contributed by atoms with van der Waals surface area (Å²) in [5, 5.41) is 9.94. The minimum Gasteiger partial charge on any atom is -0.480 e. The number of carboxylic acid groups (broad SMARTS) is 1. The Labute approximate surface area is 213 Å². The number of rotatable bonds is 12. The molecule has 1 aliphatic carbocycles. The summed E-state index contributed by atoms with van der Waals surface area (Å²) in [6, 6.07) is -0.866. The highest BCUT2D eigenvalue weighted by atomic mass is 16.6. The van der Waals surface area contributed by atoms with Crippen LogP contribution in [-0.4, -0.2) is 45.2 Å². The first kappa shape index (κ1) is 27.4. The Morgan fingerprint density at radius 2 is 1.83 bits per heavy atom. The molecule has 0 radical (unpaired) electrons. The molecular weight excluding hydrogens is 458 g/mol. The summed E-state index contributed by atoms with van der Waals surface area (Å²) in [6.45, 7) is 9.35. The third kappa shape index (κ3) is 5.30. The van der Waals surface area contributed by atoms with Crippen molar-refractivity contribution >= 4 is 23.5 Å². The van der Waals surface area contributed by atoms with Crippen LogP contribution < -0.4 is 0 Å². The van der Waals surface area contributed by atoms with Crippen molar-refractivity contribution in [1.29, 1.82) is 0 Å². The first-order valence-electron chi connectivity index (χ1n) is 12.9. The van der Waals surface area contributed by atoms with Crippen molar-refractivity contribution in [3.8, 4) is 0 Å². The van der Waals surface area contributed by atoms with Crippen LogP contribution in [0.25, 0.3) is 0 Å². The van der Waals surface area contributed by atoms with Crippen molar-refractivity contribution in [2.75, 3.05) is 0 Å². The molecule has 2 heterocycles. The Morgan fingerprint density at radius 1 is 1.14 bits per heavy atom. The van der Waals surface area contributed by atoms with Crippen molar-refractivity contribution in [3.63, 3.8) is 0 Å². The van der Waals surface area contributed by atoms with Gasteiger partial charge in [0, 0.05) is 29.5 Å². The van der Waals surface area contributed by atoms with Gasteiger partial charge in [-0.15, -0.1) is 0 Å². The second kappa shape index (κ2) is 11.2. The lowest BCUT2D eigenvalue weighted by Gasteiger charge is -2.37. The lowest BCUT2D eigenvalue weighted by Crippen LogP contribution is -2.45. The Hall–Kier alpha value is -3.22. The van der Waals surface area contributed by atoms with Crippen LogP contribution in [0.5, 0.6) is 0 Å². The number of hydrogen-bond acceptors (Lipinski definition) is 6. The molecular formula is C29H37NO6. The predicted octanol–water partition coefficient (Wildman–Crippen LogP) is 5.20. The maximum absolute atomic E-state index is 13.7. The first-order valence-corrected chi connectivity index (χ1v) is 12.9. The molecule has 0 amide bonds. The van der Waals surface area contributed by atoms with Crippen molar-refractivity contribution < 1.29 is 29.0 Å². The molecule has 194 valence electrons. The number of carbonyl (C=O) groups is 4. The van der Waals surface area contributed by atoms with Gasteiger partial charge in [-0.3, -0.25) is 9.59 Å². The standard InChI is InChI=1S/C29H37NO6/c1-6-8-9-10-11-13-24(31)25-22-16-19-15-20(12-7-2)30(23(27(33)34)14-18(3)4)17-21(19)26(32)29(22,5)36-28(25)35/h7,12,15-18,23H,6,8-11,13-14H2,1-5H3,(H,33,34)/b12-7+/t23-,29?/m0/s1. The van der Waals surface area contributed by atoms with Crippen molar-refractivity contribution in [2.45, 2.75) is 91.2 Å². The van der Waals surface area contributed by atoms with Crippen molar-refractivity contribution in [2.24, 2.45) is 5.92 Å². The van der Waals surface area contributed by atoms with Crippen LogP contribution in [-0.2, 0) is 23.9 Å². The number of carboxylic acids is 1. The summed E-state index contributed by atoms with van der Waals surface area (Å²) in [7, 11) is 0. The number of Topliss-reactive ketones (excluding diaryl/α,β-unsaturated/α-hetero) is 2. The van der Waals surface area contributed by atoms with Gasteiger partial charge in [-0.2, -0.15) is 0 Å². The molecule has 0 aromatic rings. The summed E-state index contributed by atoms with van der Waals surface area (Å²) in [5.74, 6) is -2.40.